The van der Waals surface area contributed by atoms with Crippen LogP contribution in [0, 0.1) is 13.8 Å². The molecule has 0 saturated carbocycles. The van der Waals surface area contributed by atoms with Gasteiger partial charge >= 0.3 is 0 Å². The first-order valence-corrected chi connectivity index (χ1v) is 12.4. The zero-order chi connectivity index (χ0) is 22.7. The number of amides is 1. The van der Waals surface area contributed by atoms with Crippen LogP contribution < -0.4 is 10.0 Å². The van der Waals surface area contributed by atoms with Gasteiger partial charge in [-0.25, -0.2) is 18.1 Å². The Morgan fingerprint density at radius 3 is 2.69 bits per heavy atom. The molecule has 0 unspecified atom stereocenters. The lowest BCUT2D eigenvalue weighted by molar-refractivity contribution is -0.121. The molecule has 166 valence electrons. The Hall–Kier alpha value is -3.01. The summed E-state index contributed by atoms with van der Waals surface area (Å²) in [6.45, 7) is 3.88. The van der Waals surface area contributed by atoms with Crippen molar-refractivity contribution in [1.82, 2.24) is 15.0 Å². The highest BCUT2D eigenvalue weighted by Gasteiger charge is 2.17. The van der Waals surface area contributed by atoms with Crippen LogP contribution in [0.15, 0.2) is 63.9 Å². The Bertz CT molecular complexity index is 1340. The standard InChI is InChI=1S/C23H23N3O4S2/c1-15-7-10-21(16(2)13-15)32(28,29)25-12-11-22(27)24-14-17-8-9-19(30-17)23-26-18-5-3-4-6-20(18)31-23/h3-10,13,25H,11-12,14H2,1-2H3,(H,24,27). The molecule has 4 aromatic rings. The van der Waals surface area contributed by atoms with Crippen LogP contribution in [0.25, 0.3) is 21.0 Å². The molecular formula is C23H23N3O4S2. The van der Waals surface area contributed by atoms with E-state index >= 15 is 0 Å². The first-order valence-electron chi connectivity index (χ1n) is 10.1. The average Bonchev–Trinajstić information content (AvgIpc) is 3.38. The van der Waals surface area contributed by atoms with Gasteiger partial charge in [0.05, 0.1) is 21.7 Å². The van der Waals surface area contributed by atoms with Crippen molar-refractivity contribution in [2.24, 2.45) is 0 Å². The Balaban J connectivity index is 1.28. The molecule has 4 rings (SSSR count). The number of aromatic nitrogens is 1. The normalized spacial score (nSPS) is 11.7. The van der Waals surface area contributed by atoms with Gasteiger partial charge in [-0.1, -0.05) is 29.8 Å². The van der Waals surface area contributed by atoms with Crippen molar-refractivity contribution in [2.75, 3.05) is 6.54 Å². The molecule has 0 aliphatic heterocycles. The number of nitrogens with zero attached hydrogens (tertiary/aromatic N) is 1. The summed E-state index contributed by atoms with van der Waals surface area (Å²) in [6.07, 6.45) is 0.0234. The van der Waals surface area contributed by atoms with Crippen molar-refractivity contribution in [2.45, 2.75) is 31.7 Å². The first kappa shape index (κ1) is 22.2. The first-order chi connectivity index (χ1) is 15.3. The smallest absolute Gasteiger partial charge is 0.240 e. The number of fused-ring (bicyclic) bond motifs is 1. The van der Waals surface area contributed by atoms with E-state index in [1.165, 1.54) is 0 Å². The number of thiazole rings is 1. The maximum atomic E-state index is 12.5. The van der Waals surface area contributed by atoms with Gasteiger partial charge < -0.3 is 9.73 Å². The number of nitrogens with one attached hydrogen (secondary N) is 2. The van der Waals surface area contributed by atoms with E-state index in [1.54, 1.807) is 36.5 Å². The van der Waals surface area contributed by atoms with E-state index in [-0.39, 0.29) is 30.3 Å². The minimum absolute atomic E-state index is 0.0105. The summed E-state index contributed by atoms with van der Waals surface area (Å²) >= 11 is 1.54. The van der Waals surface area contributed by atoms with Gasteiger partial charge in [0.25, 0.3) is 0 Å². The average molecular weight is 470 g/mol. The molecule has 2 heterocycles. The van der Waals surface area contributed by atoms with Crippen LogP contribution in [0.1, 0.15) is 23.3 Å². The number of furan rings is 1. The van der Waals surface area contributed by atoms with Crippen LogP contribution >= 0.6 is 11.3 Å². The third-order valence-corrected chi connectivity index (χ3v) is 7.56. The number of para-hydroxylation sites is 1. The van der Waals surface area contributed by atoms with Gasteiger partial charge in [-0.3, -0.25) is 4.79 Å². The van der Waals surface area contributed by atoms with Gasteiger partial charge in [0.1, 0.15) is 5.76 Å². The molecule has 0 aliphatic rings. The maximum absolute atomic E-state index is 12.5. The van der Waals surface area contributed by atoms with E-state index in [0.717, 1.165) is 20.8 Å². The molecule has 2 aromatic heterocycles. The van der Waals surface area contributed by atoms with E-state index in [2.05, 4.69) is 15.0 Å². The largest absolute Gasteiger partial charge is 0.457 e. The summed E-state index contributed by atoms with van der Waals surface area (Å²) in [6, 6.07) is 16.6. The predicted octanol–water partition coefficient (Wildman–Crippen LogP) is 4.16. The summed E-state index contributed by atoms with van der Waals surface area (Å²) in [7, 11) is -3.66. The Labute approximate surface area is 190 Å². The second-order valence-corrected chi connectivity index (χ2v) is 10.2. The second kappa shape index (κ2) is 9.23. The molecule has 0 spiro atoms. The lowest BCUT2D eigenvalue weighted by Gasteiger charge is -2.10. The van der Waals surface area contributed by atoms with E-state index in [4.69, 9.17) is 4.42 Å². The highest BCUT2D eigenvalue weighted by atomic mass is 32.2. The predicted molar refractivity (Wildman–Crippen MR) is 125 cm³/mol. The number of aryl methyl sites for hydroxylation is 2. The van der Waals surface area contributed by atoms with Crippen molar-refractivity contribution < 1.29 is 17.6 Å². The number of sulfonamides is 1. The minimum atomic E-state index is -3.66. The molecule has 0 radical (unpaired) electrons. The Morgan fingerprint density at radius 1 is 1.09 bits per heavy atom. The quantitative estimate of drug-likeness (QED) is 0.404. The van der Waals surface area contributed by atoms with Gasteiger partial charge in [-0.2, -0.15) is 0 Å². The second-order valence-electron chi connectivity index (χ2n) is 7.45. The van der Waals surface area contributed by atoms with E-state index in [1.807, 2.05) is 43.3 Å². The number of rotatable bonds is 8. The molecule has 2 aromatic carbocycles. The fourth-order valence-electron chi connectivity index (χ4n) is 3.32. The SMILES string of the molecule is Cc1ccc(S(=O)(=O)NCCC(=O)NCc2ccc(-c3nc4ccccc4s3)o2)c(C)c1. The zero-order valence-corrected chi connectivity index (χ0v) is 19.3. The number of benzene rings is 2. The molecule has 0 bridgehead atoms. The topological polar surface area (TPSA) is 101 Å². The van der Waals surface area contributed by atoms with Gasteiger partial charge in [-0.05, 0) is 49.7 Å². The summed E-state index contributed by atoms with van der Waals surface area (Å²) in [4.78, 5) is 16.9. The molecule has 0 atom stereocenters. The molecule has 2 N–H and O–H groups in total. The molecule has 32 heavy (non-hydrogen) atoms. The van der Waals surface area contributed by atoms with Crippen LogP contribution in [0.2, 0.25) is 0 Å². The molecule has 7 nitrogen and oxygen atoms in total. The van der Waals surface area contributed by atoms with Crippen LogP contribution in [-0.4, -0.2) is 25.9 Å². The van der Waals surface area contributed by atoms with E-state index in [9.17, 15) is 13.2 Å². The van der Waals surface area contributed by atoms with Crippen LogP contribution in [-0.2, 0) is 21.4 Å². The number of hydrogen-bond donors (Lipinski definition) is 2. The zero-order valence-electron chi connectivity index (χ0n) is 17.7. The van der Waals surface area contributed by atoms with E-state index in [0.29, 0.717) is 17.1 Å². The highest BCUT2D eigenvalue weighted by molar-refractivity contribution is 7.89. The molecular weight excluding hydrogens is 446 g/mol. The third-order valence-electron chi connectivity index (χ3n) is 4.89. The summed E-state index contributed by atoms with van der Waals surface area (Å²) in [5.74, 6) is 0.978. The van der Waals surface area contributed by atoms with Crippen molar-refractivity contribution >= 4 is 37.5 Å². The number of hydrogen-bond acceptors (Lipinski definition) is 6. The molecule has 0 fully saturated rings. The van der Waals surface area contributed by atoms with Crippen LogP contribution in [0.5, 0.6) is 0 Å². The fourth-order valence-corrected chi connectivity index (χ4v) is 5.50. The van der Waals surface area contributed by atoms with Crippen LogP contribution in [0.3, 0.4) is 0 Å². The summed E-state index contributed by atoms with van der Waals surface area (Å²) < 4.78 is 34.3. The fraction of sp³-hybridized carbons (Fsp3) is 0.217. The maximum Gasteiger partial charge on any atom is 0.240 e. The van der Waals surface area contributed by atoms with E-state index < -0.39 is 10.0 Å². The van der Waals surface area contributed by atoms with Crippen molar-refractivity contribution in [3.63, 3.8) is 0 Å². The lowest BCUT2D eigenvalue weighted by Crippen LogP contribution is -2.30. The summed E-state index contributed by atoms with van der Waals surface area (Å²) in [5.41, 5.74) is 2.58. The number of carbonyl (C=O) groups is 1. The number of carbonyl (C=O) groups excluding carboxylic acids is 1. The van der Waals surface area contributed by atoms with Crippen molar-refractivity contribution in [1.29, 1.82) is 0 Å². The molecule has 9 heteroatoms. The molecule has 0 aliphatic carbocycles. The van der Waals surface area contributed by atoms with Gasteiger partial charge in [-0.15, -0.1) is 11.3 Å². The molecule has 0 saturated heterocycles. The Morgan fingerprint density at radius 2 is 1.91 bits per heavy atom. The highest BCUT2D eigenvalue weighted by Crippen LogP contribution is 2.31. The Kier molecular flexibility index (Phi) is 6.40. The van der Waals surface area contributed by atoms with Crippen molar-refractivity contribution in [3.8, 4) is 10.8 Å². The van der Waals surface area contributed by atoms with Gasteiger partial charge in [0.2, 0.25) is 15.9 Å². The van der Waals surface area contributed by atoms with Gasteiger partial charge in [0.15, 0.2) is 10.8 Å². The minimum Gasteiger partial charge on any atom is -0.457 e. The molecule has 1 amide bonds. The lowest BCUT2D eigenvalue weighted by atomic mass is 10.2. The third kappa shape index (κ3) is 5.07. The van der Waals surface area contributed by atoms with Gasteiger partial charge in [0, 0.05) is 13.0 Å². The summed E-state index contributed by atoms with van der Waals surface area (Å²) in [5, 5.41) is 3.53. The van der Waals surface area contributed by atoms with Crippen molar-refractivity contribution in [3.05, 3.63) is 71.5 Å². The van der Waals surface area contributed by atoms with Crippen LogP contribution in [0.4, 0.5) is 0 Å². The monoisotopic (exact) mass is 469 g/mol.